The van der Waals surface area contributed by atoms with Crippen LogP contribution < -0.4 is 0 Å². The fraction of sp³-hybridized carbons (Fsp3) is 0.600. The SMILES string of the molecule is Cc1cccc(C)c1C(=O)OOOC(=O)OC1CCC(C(C)(C)C)CC1. The molecule has 1 aliphatic rings. The number of rotatable bonds is 4. The molecule has 6 nitrogen and oxygen atoms in total. The molecule has 1 saturated carbocycles. The Bertz CT molecular complexity index is 618. The molecule has 1 aliphatic carbocycles. The van der Waals surface area contributed by atoms with Crippen molar-refractivity contribution in [2.45, 2.75) is 66.4 Å². The number of benzene rings is 1. The lowest BCUT2D eigenvalue weighted by Gasteiger charge is -2.36. The Morgan fingerprint density at radius 2 is 1.54 bits per heavy atom. The second-order valence-electron chi connectivity index (χ2n) is 8.00. The average molecular weight is 364 g/mol. The van der Waals surface area contributed by atoms with E-state index < -0.39 is 12.1 Å². The van der Waals surface area contributed by atoms with Crippen molar-refractivity contribution in [2.24, 2.45) is 11.3 Å². The summed E-state index contributed by atoms with van der Waals surface area (Å²) in [5, 5.41) is 4.31. The summed E-state index contributed by atoms with van der Waals surface area (Å²) in [7, 11) is 0. The van der Waals surface area contributed by atoms with Gasteiger partial charge in [0, 0.05) is 0 Å². The van der Waals surface area contributed by atoms with Crippen LogP contribution in [0.15, 0.2) is 18.2 Å². The molecular weight excluding hydrogens is 336 g/mol. The lowest BCUT2D eigenvalue weighted by molar-refractivity contribution is -0.453. The summed E-state index contributed by atoms with van der Waals surface area (Å²) in [6.45, 7) is 10.3. The number of hydrogen-bond donors (Lipinski definition) is 0. The number of ether oxygens (including phenoxy) is 1. The molecule has 0 spiro atoms. The third kappa shape index (κ3) is 5.46. The van der Waals surface area contributed by atoms with Crippen LogP contribution in [0.2, 0.25) is 0 Å². The molecule has 0 heterocycles. The molecule has 0 aromatic heterocycles. The van der Waals surface area contributed by atoms with E-state index in [1.165, 1.54) is 0 Å². The molecule has 1 aromatic rings. The van der Waals surface area contributed by atoms with Gasteiger partial charge in [-0.2, -0.15) is 0 Å². The average Bonchev–Trinajstić information content (AvgIpc) is 2.54. The largest absolute Gasteiger partial charge is 0.543 e. The molecule has 0 atom stereocenters. The van der Waals surface area contributed by atoms with Gasteiger partial charge in [-0.1, -0.05) is 39.0 Å². The summed E-state index contributed by atoms with van der Waals surface area (Å²) in [6, 6.07) is 5.41. The molecule has 1 fully saturated rings. The third-order valence-corrected chi connectivity index (χ3v) is 5.06. The first-order valence-corrected chi connectivity index (χ1v) is 9.01. The Kier molecular flexibility index (Phi) is 6.64. The van der Waals surface area contributed by atoms with E-state index in [0.717, 1.165) is 36.8 Å². The quantitative estimate of drug-likeness (QED) is 0.422. The highest BCUT2D eigenvalue weighted by atomic mass is 17.5. The van der Waals surface area contributed by atoms with Crippen LogP contribution in [0.1, 0.15) is 67.9 Å². The maximum absolute atomic E-state index is 12.0. The van der Waals surface area contributed by atoms with Crippen molar-refractivity contribution in [2.75, 3.05) is 0 Å². The molecule has 0 bridgehead atoms. The van der Waals surface area contributed by atoms with Crippen molar-refractivity contribution in [1.82, 2.24) is 0 Å². The molecule has 0 N–H and O–H groups in total. The molecule has 144 valence electrons. The molecule has 2 rings (SSSR count). The van der Waals surface area contributed by atoms with E-state index in [4.69, 9.17) is 4.74 Å². The second-order valence-corrected chi connectivity index (χ2v) is 8.00. The standard InChI is InChI=1S/C20H28O6/c1-13-7-6-8-14(2)17(13)18(21)24-26-25-19(22)23-16-11-9-15(10-12-16)20(3,4)5/h6-8,15-16H,9-12H2,1-5H3. The van der Waals surface area contributed by atoms with Gasteiger partial charge in [0.2, 0.25) is 0 Å². The van der Waals surface area contributed by atoms with Gasteiger partial charge in [0.15, 0.2) is 0 Å². The van der Waals surface area contributed by atoms with E-state index in [1.54, 1.807) is 26.0 Å². The van der Waals surface area contributed by atoms with E-state index in [-0.39, 0.29) is 11.5 Å². The number of carbonyl (C=O) groups excluding carboxylic acids is 2. The van der Waals surface area contributed by atoms with Crippen LogP contribution in [-0.2, 0) is 19.6 Å². The minimum Gasteiger partial charge on any atom is -0.429 e. The summed E-state index contributed by atoms with van der Waals surface area (Å²) in [5.74, 6) is -0.105. The molecule has 26 heavy (non-hydrogen) atoms. The lowest BCUT2D eigenvalue weighted by Crippen LogP contribution is -2.30. The number of hydrogen-bond acceptors (Lipinski definition) is 6. The van der Waals surface area contributed by atoms with Crippen LogP contribution in [0.4, 0.5) is 4.79 Å². The zero-order chi connectivity index (χ0) is 19.3. The van der Waals surface area contributed by atoms with Crippen molar-refractivity contribution < 1.29 is 29.1 Å². The number of aryl methyl sites for hydroxylation is 2. The first-order chi connectivity index (χ1) is 12.2. The van der Waals surface area contributed by atoms with Gasteiger partial charge in [-0.15, -0.1) is 0 Å². The summed E-state index contributed by atoms with van der Waals surface area (Å²) >= 11 is 0. The fourth-order valence-corrected chi connectivity index (χ4v) is 3.46. The van der Waals surface area contributed by atoms with Gasteiger partial charge in [-0.3, -0.25) is 4.89 Å². The Morgan fingerprint density at radius 3 is 2.08 bits per heavy atom. The maximum Gasteiger partial charge on any atom is 0.543 e. The van der Waals surface area contributed by atoms with Crippen LogP contribution in [0, 0.1) is 25.2 Å². The Morgan fingerprint density at radius 1 is 0.962 bits per heavy atom. The van der Waals surface area contributed by atoms with Crippen LogP contribution >= 0.6 is 0 Å². The fourth-order valence-electron chi connectivity index (χ4n) is 3.46. The van der Waals surface area contributed by atoms with Crippen molar-refractivity contribution in [3.63, 3.8) is 0 Å². The normalized spacial score (nSPS) is 20.3. The molecule has 0 aliphatic heterocycles. The molecule has 0 amide bonds. The van der Waals surface area contributed by atoms with E-state index in [9.17, 15) is 9.59 Å². The van der Waals surface area contributed by atoms with Crippen molar-refractivity contribution in [1.29, 1.82) is 0 Å². The van der Waals surface area contributed by atoms with Gasteiger partial charge in [0.05, 0.1) is 10.6 Å². The minimum atomic E-state index is -1.00. The topological polar surface area (TPSA) is 71.1 Å². The summed E-state index contributed by atoms with van der Waals surface area (Å²) < 4.78 is 5.21. The Hall–Kier alpha value is -2.08. The van der Waals surface area contributed by atoms with Crippen LogP contribution in [0.5, 0.6) is 0 Å². The van der Waals surface area contributed by atoms with E-state index in [0.29, 0.717) is 11.5 Å². The van der Waals surface area contributed by atoms with E-state index in [1.807, 2.05) is 6.07 Å². The Labute approximate surface area is 154 Å². The van der Waals surface area contributed by atoms with Gasteiger partial charge >= 0.3 is 12.1 Å². The predicted octanol–water partition coefficient (Wildman–Crippen LogP) is 5.06. The monoisotopic (exact) mass is 364 g/mol. The first kappa shape index (κ1) is 20.2. The number of carbonyl (C=O) groups is 2. The van der Waals surface area contributed by atoms with Crippen molar-refractivity contribution in [3.05, 3.63) is 34.9 Å². The highest BCUT2D eigenvalue weighted by Crippen LogP contribution is 2.38. The summed E-state index contributed by atoms with van der Waals surface area (Å²) in [6.07, 6.45) is 2.39. The van der Waals surface area contributed by atoms with Gasteiger partial charge in [0.1, 0.15) is 6.10 Å². The van der Waals surface area contributed by atoms with E-state index in [2.05, 4.69) is 35.6 Å². The van der Waals surface area contributed by atoms with Gasteiger partial charge in [0.25, 0.3) is 0 Å². The third-order valence-electron chi connectivity index (χ3n) is 5.06. The highest BCUT2D eigenvalue weighted by Gasteiger charge is 2.31. The van der Waals surface area contributed by atoms with Gasteiger partial charge < -0.3 is 4.74 Å². The van der Waals surface area contributed by atoms with Crippen LogP contribution in [-0.4, -0.2) is 18.2 Å². The minimum absolute atomic E-state index is 0.195. The van der Waals surface area contributed by atoms with Gasteiger partial charge in [-0.05, 0) is 62.0 Å². The molecule has 0 saturated heterocycles. The highest BCUT2D eigenvalue weighted by molar-refractivity contribution is 5.92. The smallest absolute Gasteiger partial charge is 0.429 e. The first-order valence-electron chi connectivity index (χ1n) is 9.01. The maximum atomic E-state index is 12.0. The van der Waals surface area contributed by atoms with Crippen LogP contribution in [0.25, 0.3) is 0 Å². The Balaban J connectivity index is 1.72. The molecule has 6 heteroatoms. The second kappa shape index (κ2) is 8.54. The summed E-state index contributed by atoms with van der Waals surface area (Å²) in [4.78, 5) is 32.6. The van der Waals surface area contributed by atoms with Crippen molar-refractivity contribution in [3.8, 4) is 0 Å². The molecular formula is C20H28O6. The van der Waals surface area contributed by atoms with Gasteiger partial charge in [-0.25, -0.2) is 14.5 Å². The molecule has 1 aromatic carbocycles. The van der Waals surface area contributed by atoms with Crippen molar-refractivity contribution >= 4 is 12.1 Å². The zero-order valence-electron chi connectivity index (χ0n) is 16.2. The molecule has 0 radical (unpaired) electrons. The lowest BCUT2D eigenvalue weighted by atomic mass is 9.72. The predicted molar refractivity (Wildman–Crippen MR) is 95.2 cm³/mol. The molecule has 0 unspecified atom stereocenters. The van der Waals surface area contributed by atoms with E-state index >= 15 is 0 Å². The van der Waals surface area contributed by atoms with Crippen LogP contribution in [0.3, 0.4) is 0 Å². The zero-order valence-corrected chi connectivity index (χ0v) is 16.2. The summed E-state index contributed by atoms with van der Waals surface area (Å²) in [5.41, 5.74) is 2.13.